The van der Waals surface area contributed by atoms with Crippen LogP contribution in [0.1, 0.15) is 24.3 Å². The van der Waals surface area contributed by atoms with Gasteiger partial charge in [0.1, 0.15) is 0 Å². The third kappa shape index (κ3) is 2.49. The molecule has 2 heterocycles. The molecule has 4 atom stereocenters. The number of fused-ring (bicyclic) bond motifs is 1. The van der Waals surface area contributed by atoms with E-state index in [0.717, 1.165) is 12.0 Å². The molecule has 2 aliphatic heterocycles. The van der Waals surface area contributed by atoms with Gasteiger partial charge in [0.05, 0.1) is 12.1 Å². The molecule has 1 amide bonds. The van der Waals surface area contributed by atoms with E-state index < -0.39 is 12.2 Å². The Bertz CT molecular complexity index is 542. The number of β-lactam (4-membered cyclic amide) rings is 1. The van der Waals surface area contributed by atoms with Crippen LogP contribution in [0, 0.1) is 0 Å². The Morgan fingerprint density at radius 2 is 2.05 bits per heavy atom. The highest BCUT2D eigenvalue weighted by Gasteiger charge is 2.52. The van der Waals surface area contributed by atoms with E-state index in [1.807, 2.05) is 18.2 Å². The Morgan fingerprint density at radius 3 is 2.71 bits per heavy atom. The minimum atomic E-state index is -0.564. The van der Waals surface area contributed by atoms with Crippen LogP contribution in [0.4, 0.5) is 0 Å². The molecule has 3 rings (SSSR count). The first kappa shape index (κ1) is 14.3. The van der Waals surface area contributed by atoms with Gasteiger partial charge in [-0.3, -0.25) is 4.79 Å². The maximum Gasteiger partial charge on any atom is 0.254 e. The highest BCUT2D eigenvalue weighted by molar-refractivity contribution is 5.89. The SMILES string of the molecule is C=C1C[C@H](c2ccccc2)C[C@@H](O)[C@H]2[C@@H](OC)C(=O)N2C1. The Morgan fingerprint density at radius 1 is 1.33 bits per heavy atom. The summed E-state index contributed by atoms with van der Waals surface area (Å²) in [6.45, 7) is 4.62. The number of ether oxygens (including phenoxy) is 1. The van der Waals surface area contributed by atoms with Crippen LogP contribution in [0.25, 0.3) is 0 Å². The zero-order valence-corrected chi connectivity index (χ0v) is 12.2. The molecule has 21 heavy (non-hydrogen) atoms. The number of aliphatic hydroxyl groups excluding tert-OH is 1. The lowest BCUT2D eigenvalue weighted by Crippen LogP contribution is -2.70. The quantitative estimate of drug-likeness (QED) is 0.665. The normalized spacial score (nSPS) is 33.0. The fourth-order valence-electron chi connectivity index (χ4n) is 3.52. The lowest BCUT2D eigenvalue weighted by Gasteiger charge is -2.50. The molecule has 0 aromatic heterocycles. The standard InChI is InChI=1S/C17H21NO3/c1-11-8-13(12-6-4-3-5-7-12)9-14(19)15-16(21-2)17(20)18(15)10-11/h3-7,13-16,19H,1,8-10H2,2H3/t13-,14+,15-,16+/m0/s1. The zero-order chi connectivity index (χ0) is 15.0. The van der Waals surface area contributed by atoms with Gasteiger partial charge in [-0.05, 0) is 24.3 Å². The number of amides is 1. The molecular formula is C17H21NO3. The van der Waals surface area contributed by atoms with Gasteiger partial charge in [0.15, 0.2) is 6.10 Å². The second-order valence-corrected chi connectivity index (χ2v) is 5.98. The van der Waals surface area contributed by atoms with Crippen LogP contribution in [0.5, 0.6) is 0 Å². The lowest BCUT2D eigenvalue weighted by molar-refractivity contribution is -0.181. The molecule has 2 fully saturated rings. The summed E-state index contributed by atoms with van der Waals surface area (Å²) in [5.74, 6) is 0.199. The number of hydrogen-bond acceptors (Lipinski definition) is 3. The summed E-state index contributed by atoms with van der Waals surface area (Å²) in [7, 11) is 1.52. The molecule has 1 N–H and O–H groups in total. The molecule has 1 aromatic carbocycles. The van der Waals surface area contributed by atoms with E-state index >= 15 is 0 Å². The monoisotopic (exact) mass is 287 g/mol. The second-order valence-electron chi connectivity index (χ2n) is 5.98. The molecule has 4 nitrogen and oxygen atoms in total. The van der Waals surface area contributed by atoms with Gasteiger partial charge in [-0.25, -0.2) is 0 Å². The van der Waals surface area contributed by atoms with Gasteiger partial charge in [-0.15, -0.1) is 0 Å². The van der Waals surface area contributed by atoms with Gasteiger partial charge in [0.25, 0.3) is 5.91 Å². The summed E-state index contributed by atoms with van der Waals surface area (Å²) in [6.07, 6.45) is 0.348. The van der Waals surface area contributed by atoms with E-state index in [0.29, 0.717) is 13.0 Å². The Labute approximate surface area is 125 Å². The number of carbonyl (C=O) groups is 1. The van der Waals surface area contributed by atoms with Crippen molar-refractivity contribution in [3.8, 4) is 0 Å². The Hall–Kier alpha value is -1.65. The predicted octanol–water partition coefficient (Wildman–Crippen LogP) is 1.71. The number of hydrogen-bond donors (Lipinski definition) is 1. The molecule has 112 valence electrons. The predicted molar refractivity (Wildman–Crippen MR) is 79.9 cm³/mol. The zero-order valence-electron chi connectivity index (χ0n) is 12.2. The first-order valence-electron chi connectivity index (χ1n) is 7.34. The third-order valence-electron chi connectivity index (χ3n) is 4.57. The number of carbonyl (C=O) groups excluding carboxylic acids is 1. The number of aliphatic hydroxyl groups is 1. The van der Waals surface area contributed by atoms with Crippen LogP contribution in [-0.2, 0) is 9.53 Å². The minimum absolute atomic E-state index is 0.0409. The van der Waals surface area contributed by atoms with E-state index in [4.69, 9.17) is 4.74 Å². The summed E-state index contributed by atoms with van der Waals surface area (Å²) in [4.78, 5) is 13.7. The van der Waals surface area contributed by atoms with Gasteiger partial charge in [-0.2, -0.15) is 0 Å². The summed E-state index contributed by atoms with van der Waals surface area (Å²) in [5.41, 5.74) is 2.24. The maximum atomic E-state index is 12.0. The summed E-state index contributed by atoms with van der Waals surface area (Å²) in [5, 5.41) is 10.5. The van der Waals surface area contributed by atoms with Crippen LogP contribution in [0.3, 0.4) is 0 Å². The van der Waals surface area contributed by atoms with Gasteiger partial charge in [0.2, 0.25) is 0 Å². The Balaban J connectivity index is 1.83. The van der Waals surface area contributed by atoms with Crippen molar-refractivity contribution in [1.29, 1.82) is 0 Å². The second kappa shape index (κ2) is 5.62. The van der Waals surface area contributed by atoms with Crippen molar-refractivity contribution in [2.24, 2.45) is 0 Å². The van der Waals surface area contributed by atoms with Crippen molar-refractivity contribution in [3.63, 3.8) is 0 Å². The minimum Gasteiger partial charge on any atom is -0.391 e. The van der Waals surface area contributed by atoms with Crippen LogP contribution < -0.4 is 0 Å². The molecule has 0 saturated carbocycles. The highest BCUT2D eigenvalue weighted by Crippen LogP contribution is 2.37. The van der Waals surface area contributed by atoms with Gasteiger partial charge in [0, 0.05) is 13.7 Å². The average molecular weight is 287 g/mol. The van der Waals surface area contributed by atoms with Crippen LogP contribution in [0.15, 0.2) is 42.5 Å². The van der Waals surface area contributed by atoms with E-state index in [1.54, 1.807) is 4.90 Å². The first-order valence-corrected chi connectivity index (χ1v) is 7.34. The van der Waals surface area contributed by atoms with Crippen LogP contribution in [-0.4, -0.2) is 47.8 Å². The number of benzene rings is 1. The van der Waals surface area contributed by atoms with Gasteiger partial charge < -0.3 is 14.7 Å². The summed E-state index contributed by atoms with van der Waals surface area (Å²) >= 11 is 0. The molecule has 4 heteroatoms. The first-order chi connectivity index (χ1) is 10.1. The smallest absolute Gasteiger partial charge is 0.254 e. The maximum absolute atomic E-state index is 12.0. The molecule has 2 aliphatic rings. The number of rotatable bonds is 2. The van der Waals surface area contributed by atoms with Crippen LogP contribution >= 0.6 is 0 Å². The fraction of sp³-hybridized carbons (Fsp3) is 0.471. The van der Waals surface area contributed by atoms with Crippen molar-refractivity contribution in [2.75, 3.05) is 13.7 Å². The van der Waals surface area contributed by atoms with Crippen LogP contribution in [0.2, 0.25) is 0 Å². The summed E-state index contributed by atoms with van der Waals surface area (Å²) < 4.78 is 5.23. The third-order valence-corrected chi connectivity index (χ3v) is 4.57. The van der Waals surface area contributed by atoms with Crippen molar-refractivity contribution in [3.05, 3.63) is 48.0 Å². The number of nitrogens with zero attached hydrogens (tertiary/aromatic N) is 1. The molecule has 0 radical (unpaired) electrons. The van der Waals surface area contributed by atoms with E-state index in [9.17, 15) is 9.90 Å². The average Bonchev–Trinajstić information content (AvgIpc) is 2.48. The topological polar surface area (TPSA) is 49.8 Å². The molecule has 0 bridgehead atoms. The number of methoxy groups -OCH3 is 1. The largest absolute Gasteiger partial charge is 0.391 e. The van der Waals surface area contributed by atoms with Gasteiger partial charge in [-0.1, -0.05) is 42.5 Å². The molecule has 0 unspecified atom stereocenters. The Kier molecular flexibility index (Phi) is 3.83. The van der Waals surface area contributed by atoms with Crippen molar-refractivity contribution >= 4 is 5.91 Å². The van der Waals surface area contributed by atoms with Crippen molar-refractivity contribution < 1.29 is 14.6 Å². The molecular weight excluding hydrogens is 266 g/mol. The molecule has 0 aliphatic carbocycles. The van der Waals surface area contributed by atoms with E-state index in [-0.39, 0.29) is 17.9 Å². The van der Waals surface area contributed by atoms with Crippen molar-refractivity contribution in [2.45, 2.75) is 37.0 Å². The summed E-state index contributed by atoms with van der Waals surface area (Å²) in [6, 6.07) is 9.95. The molecule has 1 aromatic rings. The molecule has 2 saturated heterocycles. The molecule has 0 spiro atoms. The van der Waals surface area contributed by atoms with Crippen molar-refractivity contribution in [1.82, 2.24) is 4.90 Å². The van der Waals surface area contributed by atoms with E-state index in [2.05, 4.69) is 18.7 Å². The van der Waals surface area contributed by atoms with Gasteiger partial charge >= 0.3 is 0 Å². The fourth-order valence-corrected chi connectivity index (χ4v) is 3.52. The van der Waals surface area contributed by atoms with E-state index in [1.165, 1.54) is 12.7 Å². The highest BCUT2D eigenvalue weighted by atomic mass is 16.5. The lowest BCUT2D eigenvalue weighted by atomic mass is 9.79.